The molecule has 0 fully saturated rings. The Morgan fingerprint density at radius 1 is 1.58 bits per heavy atom. The number of hydrogen-bond donors (Lipinski definition) is 0. The summed E-state index contributed by atoms with van der Waals surface area (Å²) < 4.78 is 4.96. The van der Waals surface area contributed by atoms with Crippen molar-refractivity contribution in [1.82, 2.24) is 5.16 Å². The van der Waals surface area contributed by atoms with Gasteiger partial charge >= 0.3 is 0 Å². The number of aliphatic imine (C=N–C) groups is 1. The molecular weight excluding hydrogens is 156 g/mol. The SMILES string of the molecule is CC(C)(C)c1oncc1N=C=O. The molecule has 0 amide bonds. The number of isocyanates is 1. The topological polar surface area (TPSA) is 55.5 Å². The van der Waals surface area contributed by atoms with Crippen LogP contribution in [0.5, 0.6) is 0 Å². The Morgan fingerprint density at radius 2 is 2.25 bits per heavy atom. The summed E-state index contributed by atoms with van der Waals surface area (Å²) in [5.41, 5.74) is 0.268. The molecule has 0 aromatic carbocycles. The number of hydrogen-bond acceptors (Lipinski definition) is 4. The highest BCUT2D eigenvalue weighted by atomic mass is 16.5. The van der Waals surface area contributed by atoms with Crippen LogP contribution in [-0.4, -0.2) is 11.2 Å². The average Bonchev–Trinajstić information content (AvgIpc) is 2.34. The molecule has 0 radical (unpaired) electrons. The predicted octanol–water partition coefficient (Wildman–Crippen LogP) is 1.94. The van der Waals surface area contributed by atoms with Crippen molar-refractivity contribution in [3.8, 4) is 0 Å². The second-order valence-electron chi connectivity index (χ2n) is 3.49. The van der Waals surface area contributed by atoms with E-state index in [2.05, 4.69) is 10.1 Å². The summed E-state index contributed by atoms with van der Waals surface area (Å²) in [7, 11) is 0. The van der Waals surface area contributed by atoms with Crippen molar-refractivity contribution < 1.29 is 9.32 Å². The lowest BCUT2D eigenvalue weighted by Gasteiger charge is -2.13. The van der Waals surface area contributed by atoms with Gasteiger partial charge in [-0.2, -0.15) is 4.99 Å². The van der Waals surface area contributed by atoms with E-state index in [1.807, 2.05) is 20.8 Å². The molecule has 0 spiro atoms. The minimum atomic E-state index is -0.188. The Hall–Kier alpha value is -1.41. The molecule has 64 valence electrons. The molecule has 0 N–H and O–H groups in total. The third-order valence-corrected chi connectivity index (χ3v) is 1.40. The summed E-state index contributed by atoms with van der Waals surface area (Å²) in [5.74, 6) is 0.603. The predicted molar refractivity (Wildman–Crippen MR) is 43.0 cm³/mol. The summed E-state index contributed by atoms with van der Waals surface area (Å²) in [6.45, 7) is 5.87. The molecular formula is C8H10N2O2. The van der Waals surface area contributed by atoms with E-state index < -0.39 is 0 Å². The fourth-order valence-electron chi connectivity index (χ4n) is 0.884. The molecule has 0 unspecified atom stereocenters. The van der Waals surface area contributed by atoms with Gasteiger partial charge in [0.15, 0.2) is 5.76 Å². The Bertz CT molecular complexity index is 316. The summed E-state index contributed by atoms with van der Waals surface area (Å²) in [4.78, 5) is 13.5. The zero-order chi connectivity index (χ0) is 9.19. The van der Waals surface area contributed by atoms with Gasteiger partial charge in [-0.1, -0.05) is 25.9 Å². The molecule has 1 rings (SSSR count). The lowest BCUT2D eigenvalue weighted by Crippen LogP contribution is -2.09. The number of rotatable bonds is 1. The second kappa shape index (κ2) is 2.91. The summed E-state index contributed by atoms with van der Waals surface area (Å²) in [6, 6.07) is 0. The van der Waals surface area contributed by atoms with Crippen LogP contribution in [0, 0.1) is 0 Å². The largest absolute Gasteiger partial charge is 0.358 e. The maximum Gasteiger partial charge on any atom is 0.240 e. The van der Waals surface area contributed by atoms with Gasteiger partial charge in [0.05, 0.1) is 6.20 Å². The van der Waals surface area contributed by atoms with Crippen molar-refractivity contribution in [3.05, 3.63) is 12.0 Å². The molecule has 12 heavy (non-hydrogen) atoms. The van der Waals surface area contributed by atoms with E-state index >= 15 is 0 Å². The van der Waals surface area contributed by atoms with E-state index in [4.69, 9.17) is 4.52 Å². The van der Waals surface area contributed by atoms with E-state index in [9.17, 15) is 4.79 Å². The van der Waals surface area contributed by atoms with Crippen LogP contribution < -0.4 is 0 Å². The molecule has 0 saturated carbocycles. The number of aromatic nitrogens is 1. The Balaban J connectivity index is 3.16. The summed E-state index contributed by atoms with van der Waals surface area (Å²) in [5, 5.41) is 3.56. The molecule has 4 heteroatoms. The Kier molecular flexibility index (Phi) is 2.11. The standard InChI is InChI=1S/C8H10N2O2/c1-8(2,3)7-6(9-5-11)4-10-12-7/h4H,1-3H3. The van der Waals surface area contributed by atoms with Gasteiger partial charge in [0.2, 0.25) is 6.08 Å². The first-order chi connectivity index (χ1) is 5.55. The zero-order valence-corrected chi connectivity index (χ0v) is 7.29. The van der Waals surface area contributed by atoms with Gasteiger partial charge in [-0.05, 0) is 0 Å². The van der Waals surface area contributed by atoms with Crippen LogP contribution in [0.4, 0.5) is 5.69 Å². The van der Waals surface area contributed by atoms with E-state index in [1.165, 1.54) is 12.3 Å². The van der Waals surface area contributed by atoms with Crippen LogP contribution >= 0.6 is 0 Å². The molecule has 0 aliphatic rings. The van der Waals surface area contributed by atoms with Crippen molar-refractivity contribution in [2.45, 2.75) is 26.2 Å². The van der Waals surface area contributed by atoms with Crippen LogP contribution in [0.25, 0.3) is 0 Å². The number of carbonyl (C=O) groups excluding carboxylic acids is 1. The smallest absolute Gasteiger partial charge is 0.240 e. The van der Waals surface area contributed by atoms with Crippen LogP contribution in [0.3, 0.4) is 0 Å². The van der Waals surface area contributed by atoms with Crippen molar-refractivity contribution >= 4 is 11.8 Å². The van der Waals surface area contributed by atoms with Gasteiger partial charge in [-0.15, -0.1) is 0 Å². The molecule has 0 bridgehead atoms. The summed E-state index contributed by atoms with van der Waals surface area (Å²) in [6.07, 6.45) is 2.87. The molecule has 1 aromatic rings. The van der Waals surface area contributed by atoms with Crippen LogP contribution in [0.1, 0.15) is 26.5 Å². The van der Waals surface area contributed by atoms with Crippen molar-refractivity contribution in [1.29, 1.82) is 0 Å². The fourth-order valence-corrected chi connectivity index (χ4v) is 0.884. The van der Waals surface area contributed by atoms with Crippen LogP contribution in [0.15, 0.2) is 15.7 Å². The van der Waals surface area contributed by atoms with Crippen molar-refractivity contribution in [3.63, 3.8) is 0 Å². The summed E-state index contributed by atoms with van der Waals surface area (Å²) >= 11 is 0. The van der Waals surface area contributed by atoms with Gasteiger partial charge in [-0.3, -0.25) is 0 Å². The molecule has 0 saturated heterocycles. The molecule has 1 heterocycles. The van der Waals surface area contributed by atoms with Crippen LogP contribution in [0.2, 0.25) is 0 Å². The minimum Gasteiger partial charge on any atom is -0.358 e. The molecule has 4 nitrogen and oxygen atoms in total. The monoisotopic (exact) mass is 166 g/mol. The van der Waals surface area contributed by atoms with Crippen molar-refractivity contribution in [2.24, 2.45) is 4.99 Å². The first-order valence-electron chi connectivity index (χ1n) is 3.58. The average molecular weight is 166 g/mol. The van der Waals surface area contributed by atoms with Crippen molar-refractivity contribution in [2.75, 3.05) is 0 Å². The second-order valence-corrected chi connectivity index (χ2v) is 3.49. The van der Waals surface area contributed by atoms with Gasteiger partial charge in [0, 0.05) is 5.41 Å². The van der Waals surface area contributed by atoms with Gasteiger partial charge < -0.3 is 4.52 Å². The highest BCUT2D eigenvalue weighted by molar-refractivity contribution is 5.50. The van der Waals surface area contributed by atoms with Gasteiger partial charge in [0.25, 0.3) is 0 Å². The molecule has 0 aliphatic carbocycles. The lowest BCUT2D eigenvalue weighted by atomic mass is 9.92. The normalized spacial score (nSPS) is 10.9. The van der Waals surface area contributed by atoms with E-state index in [0.717, 1.165) is 0 Å². The first-order valence-corrected chi connectivity index (χ1v) is 3.58. The fraction of sp³-hybridized carbons (Fsp3) is 0.500. The van der Waals surface area contributed by atoms with E-state index in [0.29, 0.717) is 11.4 Å². The maximum absolute atomic E-state index is 9.99. The maximum atomic E-state index is 9.99. The Morgan fingerprint density at radius 3 is 2.75 bits per heavy atom. The molecule has 0 aliphatic heterocycles. The van der Waals surface area contributed by atoms with E-state index in [1.54, 1.807) is 0 Å². The van der Waals surface area contributed by atoms with Gasteiger partial charge in [-0.25, -0.2) is 4.79 Å². The highest BCUT2D eigenvalue weighted by Crippen LogP contribution is 2.30. The van der Waals surface area contributed by atoms with Crippen LogP contribution in [-0.2, 0) is 10.2 Å². The zero-order valence-electron chi connectivity index (χ0n) is 7.29. The van der Waals surface area contributed by atoms with Gasteiger partial charge in [0.1, 0.15) is 5.69 Å². The minimum absolute atomic E-state index is 0.188. The quantitative estimate of drug-likeness (QED) is 0.473. The number of nitrogens with zero attached hydrogens (tertiary/aromatic N) is 2. The molecule has 1 aromatic heterocycles. The lowest BCUT2D eigenvalue weighted by molar-refractivity contribution is 0.330. The Labute approximate surface area is 70.3 Å². The van der Waals surface area contributed by atoms with E-state index in [-0.39, 0.29) is 5.41 Å². The molecule has 0 atom stereocenters. The first kappa shape index (κ1) is 8.68. The highest BCUT2D eigenvalue weighted by Gasteiger charge is 2.22. The third kappa shape index (κ3) is 1.60. The third-order valence-electron chi connectivity index (χ3n) is 1.40.